The summed E-state index contributed by atoms with van der Waals surface area (Å²) in [5, 5.41) is 0. The van der Waals surface area contributed by atoms with Crippen molar-refractivity contribution in [3.05, 3.63) is 24.0 Å². The van der Waals surface area contributed by atoms with Crippen LogP contribution >= 0.6 is 0 Å². The zero-order valence-electron chi connectivity index (χ0n) is 11.1. The lowest BCUT2D eigenvalue weighted by molar-refractivity contribution is 0.0146. The molecular weight excluding hydrogens is 244 g/mol. The number of aromatic nitrogens is 1. The summed E-state index contributed by atoms with van der Waals surface area (Å²) in [6.45, 7) is 4.16. The van der Waals surface area contributed by atoms with Gasteiger partial charge in [-0.25, -0.2) is 0 Å². The Labute approximate surface area is 112 Å². The van der Waals surface area contributed by atoms with Gasteiger partial charge < -0.3 is 15.1 Å². The molecule has 1 aliphatic rings. The van der Waals surface area contributed by atoms with Gasteiger partial charge in [0.2, 0.25) is 0 Å². The van der Waals surface area contributed by atoms with Crippen molar-refractivity contribution < 1.29 is 9.53 Å². The molecular formula is C13H20N4O2. The minimum absolute atomic E-state index is 0.00898. The molecule has 1 aromatic heterocycles. The number of carbonyl (C=O) groups is 1. The predicted octanol–water partition coefficient (Wildman–Crippen LogP) is 1.01. The third kappa shape index (κ3) is 3.21. The van der Waals surface area contributed by atoms with Crippen molar-refractivity contribution in [1.82, 2.24) is 9.88 Å². The van der Waals surface area contributed by atoms with Crippen molar-refractivity contribution in [2.24, 2.45) is 5.84 Å². The average Bonchev–Trinajstić information content (AvgIpc) is 2.47. The molecule has 6 nitrogen and oxygen atoms in total. The number of amides is 1. The van der Waals surface area contributed by atoms with E-state index in [-0.39, 0.29) is 12.0 Å². The number of anilines is 1. The molecule has 1 amide bonds. The van der Waals surface area contributed by atoms with Gasteiger partial charge in [-0.3, -0.25) is 15.6 Å². The van der Waals surface area contributed by atoms with Gasteiger partial charge in [-0.05, 0) is 25.8 Å². The molecule has 1 saturated heterocycles. The maximum Gasteiger partial charge on any atom is 0.256 e. The Kier molecular flexibility index (Phi) is 4.70. The number of carbonyl (C=O) groups excluding carboxylic acids is 1. The van der Waals surface area contributed by atoms with E-state index in [9.17, 15) is 4.79 Å². The molecule has 0 spiro atoms. The molecule has 2 rings (SSSR count). The first-order valence-electron chi connectivity index (χ1n) is 6.57. The SMILES string of the molecule is CCOC1CCN(C(=O)c2ccncc2NN)CC1. The van der Waals surface area contributed by atoms with Gasteiger partial charge in [0.05, 0.1) is 23.6 Å². The van der Waals surface area contributed by atoms with Crippen LogP contribution in [0.15, 0.2) is 18.5 Å². The third-order valence-electron chi connectivity index (χ3n) is 3.34. The molecule has 1 aromatic rings. The van der Waals surface area contributed by atoms with Crippen LogP contribution in [0.5, 0.6) is 0 Å². The van der Waals surface area contributed by atoms with Crippen LogP contribution in [0, 0.1) is 0 Å². The highest BCUT2D eigenvalue weighted by atomic mass is 16.5. The highest BCUT2D eigenvalue weighted by molar-refractivity contribution is 5.99. The summed E-state index contributed by atoms with van der Waals surface area (Å²) in [5.41, 5.74) is 3.63. The van der Waals surface area contributed by atoms with Crippen LogP contribution in [-0.2, 0) is 4.74 Å². The van der Waals surface area contributed by atoms with E-state index in [0.717, 1.165) is 32.5 Å². The summed E-state index contributed by atoms with van der Waals surface area (Å²) >= 11 is 0. The van der Waals surface area contributed by atoms with Gasteiger partial charge in [0.25, 0.3) is 5.91 Å². The van der Waals surface area contributed by atoms with E-state index in [4.69, 9.17) is 10.6 Å². The monoisotopic (exact) mass is 264 g/mol. The second-order valence-corrected chi connectivity index (χ2v) is 4.51. The molecule has 0 bridgehead atoms. The molecule has 0 atom stereocenters. The lowest BCUT2D eigenvalue weighted by Crippen LogP contribution is -2.41. The fourth-order valence-electron chi connectivity index (χ4n) is 2.33. The van der Waals surface area contributed by atoms with Gasteiger partial charge in [-0.1, -0.05) is 0 Å². The van der Waals surface area contributed by atoms with Crippen molar-refractivity contribution in [2.45, 2.75) is 25.9 Å². The first kappa shape index (κ1) is 13.8. The Bertz CT molecular complexity index is 430. The van der Waals surface area contributed by atoms with E-state index in [2.05, 4.69) is 10.4 Å². The summed E-state index contributed by atoms with van der Waals surface area (Å²) in [4.78, 5) is 18.2. The van der Waals surface area contributed by atoms with Crippen molar-refractivity contribution in [3.63, 3.8) is 0 Å². The van der Waals surface area contributed by atoms with E-state index in [1.54, 1.807) is 18.5 Å². The number of hydrogen-bond donors (Lipinski definition) is 2. The van der Waals surface area contributed by atoms with Crippen LogP contribution in [0.2, 0.25) is 0 Å². The topological polar surface area (TPSA) is 80.5 Å². The molecule has 0 unspecified atom stereocenters. The zero-order valence-corrected chi connectivity index (χ0v) is 11.1. The number of hydrazine groups is 1. The Morgan fingerprint density at radius 3 is 2.95 bits per heavy atom. The van der Waals surface area contributed by atoms with Crippen LogP contribution < -0.4 is 11.3 Å². The highest BCUT2D eigenvalue weighted by Crippen LogP contribution is 2.19. The van der Waals surface area contributed by atoms with Crippen LogP contribution in [0.25, 0.3) is 0 Å². The first-order chi connectivity index (χ1) is 9.26. The number of nitrogens with two attached hydrogens (primary N) is 1. The van der Waals surface area contributed by atoms with Gasteiger partial charge in [0, 0.05) is 25.9 Å². The maximum atomic E-state index is 12.4. The standard InChI is InChI=1S/C13H20N4O2/c1-2-19-10-4-7-17(8-5-10)13(18)11-3-6-15-9-12(11)16-14/h3,6,9-10,16H,2,4-5,7-8,14H2,1H3. The number of hydrogen-bond acceptors (Lipinski definition) is 5. The predicted molar refractivity (Wildman–Crippen MR) is 72.6 cm³/mol. The number of rotatable bonds is 4. The first-order valence-corrected chi connectivity index (χ1v) is 6.57. The van der Waals surface area contributed by atoms with Crippen molar-refractivity contribution in [2.75, 3.05) is 25.1 Å². The molecule has 104 valence electrons. The fourth-order valence-corrected chi connectivity index (χ4v) is 2.33. The number of likely N-dealkylation sites (tertiary alicyclic amines) is 1. The number of nitrogens with one attached hydrogen (secondary N) is 1. The largest absolute Gasteiger partial charge is 0.378 e. The lowest BCUT2D eigenvalue weighted by Gasteiger charge is -2.32. The Hall–Kier alpha value is -1.66. The van der Waals surface area contributed by atoms with Crippen LogP contribution in [-0.4, -0.2) is 41.6 Å². The van der Waals surface area contributed by atoms with E-state index >= 15 is 0 Å². The van der Waals surface area contributed by atoms with Crippen LogP contribution in [0.4, 0.5) is 5.69 Å². The number of nitrogen functional groups attached to an aromatic ring is 1. The van der Waals surface area contributed by atoms with E-state index in [1.807, 2.05) is 11.8 Å². The summed E-state index contributed by atoms with van der Waals surface area (Å²) in [6, 6.07) is 1.69. The van der Waals surface area contributed by atoms with Gasteiger partial charge in [0.15, 0.2) is 0 Å². The molecule has 2 heterocycles. The van der Waals surface area contributed by atoms with E-state index in [1.165, 1.54) is 0 Å². The van der Waals surface area contributed by atoms with Crippen LogP contribution in [0.1, 0.15) is 30.1 Å². The molecule has 0 aromatic carbocycles. The number of ether oxygens (including phenoxy) is 1. The van der Waals surface area contributed by atoms with Crippen molar-refractivity contribution in [1.29, 1.82) is 0 Å². The minimum atomic E-state index is -0.00898. The fraction of sp³-hybridized carbons (Fsp3) is 0.538. The minimum Gasteiger partial charge on any atom is -0.378 e. The second kappa shape index (κ2) is 6.49. The van der Waals surface area contributed by atoms with E-state index in [0.29, 0.717) is 11.3 Å². The highest BCUT2D eigenvalue weighted by Gasteiger charge is 2.25. The third-order valence-corrected chi connectivity index (χ3v) is 3.34. The molecule has 6 heteroatoms. The molecule has 1 aliphatic heterocycles. The summed E-state index contributed by atoms with van der Waals surface area (Å²) in [6.07, 6.45) is 5.20. The van der Waals surface area contributed by atoms with Gasteiger partial charge in [-0.15, -0.1) is 0 Å². The van der Waals surface area contributed by atoms with Crippen molar-refractivity contribution >= 4 is 11.6 Å². The molecule has 3 N–H and O–H groups in total. The Morgan fingerprint density at radius 1 is 1.58 bits per heavy atom. The average molecular weight is 264 g/mol. The second-order valence-electron chi connectivity index (χ2n) is 4.51. The molecule has 0 radical (unpaired) electrons. The zero-order chi connectivity index (χ0) is 13.7. The molecule has 0 saturated carbocycles. The Balaban J connectivity index is 2.01. The summed E-state index contributed by atoms with van der Waals surface area (Å²) in [7, 11) is 0. The van der Waals surface area contributed by atoms with Gasteiger partial charge in [0.1, 0.15) is 0 Å². The molecule has 0 aliphatic carbocycles. The Morgan fingerprint density at radius 2 is 2.32 bits per heavy atom. The van der Waals surface area contributed by atoms with E-state index < -0.39 is 0 Å². The number of piperidine rings is 1. The van der Waals surface area contributed by atoms with Crippen LogP contribution in [0.3, 0.4) is 0 Å². The summed E-state index contributed by atoms with van der Waals surface area (Å²) < 4.78 is 5.58. The summed E-state index contributed by atoms with van der Waals surface area (Å²) in [5.74, 6) is 5.39. The number of pyridine rings is 1. The van der Waals surface area contributed by atoms with Crippen molar-refractivity contribution in [3.8, 4) is 0 Å². The van der Waals surface area contributed by atoms with Gasteiger partial charge >= 0.3 is 0 Å². The number of nitrogens with zero attached hydrogens (tertiary/aromatic N) is 2. The quantitative estimate of drug-likeness (QED) is 0.626. The lowest BCUT2D eigenvalue weighted by atomic mass is 10.1. The maximum absolute atomic E-state index is 12.4. The molecule has 19 heavy (non-hydrogen) atoms. The normalized spacial score (nSPS) is 16.4. The van der Waals surface area contributed by atoms with Gasteiger partial charge in [-0.2, -0.15) is 0 Å². The molecule has 1 fully saturated rings. The smallest absolute Gasteiger partial charge is 0.256 e.